The first-order valence-corrected chi connectivity index (χ1v) is 14.3. The van der Waals surface area contributed by atoms with E-state index in [2.05, 4.69) is 39.5 Å². The second kappa shape index (κ2) is 13.8. The molecule has 2 aliphatic heterocycles. The zero-order valence-electron chi connectivity index (χ0n) is 24.0. The molecule has 45 heavy (non-hydrogen) atoms. The molecule has 240 valence electrons. The molecule has 6 rings (SSSR count). The molecule has 0 bridgehead atoms. The maximum absolute atomic E-state index is 10.7. The summed E-state index contributed by atoms with van der Waals surface area (Å²) in [7, 11) is 0. The summed E-state index contributed by atoms with van der Waals surface area (Å²) in [6, 6.07) is 20.7. The van der Waals surface area contributed by atoms with Crippen LogP contribution in [0.3, 0.4) is 0 Å². The van der Waals surface area contributed by atoms with Crippen molar-refractivity contribution < 1.29 is 43.1 Å². The Morgan fingerprint density at radius 2 is 1.56 bits per heavy atom. The smallest absolute Gasteiger partial charge is 0.475 e. The Hall–Kier alpha value is -4.31. The van der Waals surface area contributed by atoms with Gasteiger partial charge in [-0.15, -0.1) is 0 Å². The van der Waals surface area contributed by atoms with E-state index in [1.165, 1.54) is 11.1 Å². The Morgan fingerprint density at radius 3 is 2.07 bits per heavy atom. The molecule has 2 fully saturated rings. The van der Waals surface area contributed by atoms with Crippen LogP contribution in [-0.2, 0) is 9.53 Å². The lowest BCUT2D eigenvalue weighted by atomic mass is 9.91. The van der Waals surface area contributed by atoms with E-state index in [0.29, 0.717) is 29.5 Å². The third kappa shape index (κ3) is 7.17. The number of aromatic nitrogens is 4. The van der Waals surface area contributed by atoms with Crippen LogP contribution in [0.1, 0.15) is 36.1 Å². The number of hydrogen-bond acceptors (Lipinski definition) is 10. The summed E-state index contributed by atoms with van der Waals surface area (Å²) in [5, 5.41) is 41.2. The van der Waals surface area contributed by atoms with Crippen molar-refractivity contribution in [1.29, 1.82) is 0 Å². The first-order valence-electron chi connectivity index (χ1n) is 14.3. The van der Waals surface area contributed by atoms with Gasteiger partial charge < -0.3 is 35.4 Å². The maximum atomic E-state index is 10.7. The Kier molecular flexibility index (Phi) is 9.82. The van der Waals surface area contributed by atoms with Gasteiger partial charge in [-0.3, -0.25) is 4.57 Å². The van der Waals surface area contributed by atoms with Crippen molar-refractivity contribution in [3.63, 3.8) is 0 Å². The summed E-state index contributed by atoms with van der Waals surface area (Å²) >= 11 is 0. The molecule has 0 unspecified atom stereocenters. The van der Waals surface area contributed by atoms with Gasteiger partial charge in [0.1, 0.15) is 18.3 Å². The predicted octanol–water partition coefficient (Wildman–Crippen LogP) is 2.92. The number of anilines is 2. The maximum Gasteiger partial charge on any atom is 0.490 e. The van der Waals surface area contributed by atoms with Gasteiger partial charge in [0.25, 0.3) is 0 Å². The van der Waals surface area contributed by atoms with E-state index < -0.39 is 43.3 Å². The number of aliphatic carboxylic acids is 1. The second-order valence-electron chi connectivity index (χ2n) is 10.7. The van der Waals surface area contributed by atoms with Gasteiger partial charge in [0, 0.05) is 25.6 Å². The molecule has 2 aromatic heterocycles. The molecule has 0 aliphatic carbocycles. The van der Waals surface area contributed by atoms with Crippen LogP contribution in [0.4, 0.5) is 24.9 Å². The van der Waals surface area contributed by atoms with Gasteiger partial charge in [-0.25, -0.2) is 9.78 Å². The summed E-state index contributed by atoms with van der Waals surface area (Å²) < 4.78 is 39.1. The standard InChI is InChI=1S/C28H32N6O4.C2HF3O2/c35-16-21-23(36)24(37)27(38-21)34-17-30-22-25(31-28(32-26(22)34)33-13-7-8-14-33)29-15-20(18-9-3-1-4-10-18)19-11-5-2-6-12-19;3-2(4,5)1(6)7/h1-6,9-12,17,20-21,23-24,27,35-37H,7-8,13-16H2,(H,29,31,32);(H,6,7)/t21-,23-,24-,27-;/m1./s1. The highest BCUT2D eigenvalue weighted by atomic mass is 19.4. The average molecular weight is 631 g/mol. The zero-order chi connectivity index (χ0) is 32.1. The lowest BCUT2D eigenvalue weighted by Crippen LogP contribution is -2.33. The number of rotatable bonds is 8. The molecule has 2 saturated heterocycles. The van der Waals surface area contributed by atoms with Gasteiger partial charge in [0.2, 0.25) is 5.95 Å². The molecule has 0 radical (unpaired) electrons. The Bertz CT molecular complexity index is 1530. The lowest BCUT2D eigenvalue weighted by molar-refractivity contribution is -0.192. The van der Waals surface area contributed by atoms with Gasteiger partial charge in [-0.05, 0) is 24.0 Å². The molecular weight excluding hydrogens is 597 g/mol. The first kappa shape index (κ1) is 32.1. The third-order valence-electron chi connectivity index (χ3n) is 7.71. The molecule has 4 heterocycles. The van der Waals surface area contributed by atoms with Gasteiger partial charge in [-0.2, -0.15) is 23.1 Å². The highest BCUT2D eigenvalue weighted by Gasteiger charge is 2.44. The van der Waals surface area contributed by atoms with Crippen LogP contribution < -0.4 is 10.2 Å². The van der Waals surface area contributed by atoms with E-state index in [1.54, 1.807) is 10.9 Å². The van der Waals surface area contributed by atoms with Crippen molar-refractivity contribution in [2.75, 3.05) is 36.5 Å². The number of imidazole rings is 1. The zero-order valence-corrected chi connectivity index (χ0v) is 24.0. The minimum atomic E-state index is -5.08. The fraction of sp³-hybridized carbons (Fsp3) is 0.400. The molecule has 0 amide bonds. The molecule has 0 spiro atoms. The van der Waals surface area contributed by atoms with Crippen molar-refractivity contribution in [3.05, 3.63) is 78.1 Å². The van der Waals surface area contributed by atoms with Crippen molar-refractivity contribution in [2.45, 2.75) is 49.5 Å². The van der Waals surface area contributed by atoms with Crippen LogP contribution in [0.15, 0.2) is 67.0 Å². The van der Waals surface area contributed by atoms with Gasteiger partial charge in [-0.1, -0.05) is 60.7 Å². The highest BCUT2D eigenvalue weighted by molar-refractivity contribution is 5.84. The minimum absolute atomic E-state index is 0.0835. The number of carboxylic acids is 1. The summed E-state index contributed by atoms with van der Waals surface area (Å²) in [6.45, 7) is 1.91. The van der Waals surface area contributed by atoms with Crippen LogP contribution in [0.25, 0.3) is 11.2 Å². The molecule has 15 heteroatoms. The largest absolute Gasteiger partial charge is 0.490 e. The van der Waals surface area contributed by atoms with Crippen LogP contribution in [0.2, 0.25) is 0 Å². The molecule has 5 N–H and O–H groups in total. The number of aliphatic hydroxyl groups is 3. The van der Waals surface area contributed by atoms with E-state index in [0.717, 1.165) is 25.9 Å². The molecule has 4 aromatic rings. The van der Waals surface area contributed by atoms with Crippen molar-refractivity contribution in [3.8, 4) is 0 Å². The SMILES string of the molecule is O=C(O)C(F)(F)F.OC[C@H]1O[C@@H](n2cnc3c(NCC(c4ccccc4)c4ccccc4)nc(N4CCCC4)nc32)[C@H](O)[C@@H]1O. The van der Waals surface area contributed by atoms with Crippen LogP contribution in [0.5, 0.6) is 0 Å². The number of nitrogens with one attached hydrogen (secondary N) is 1. The number of carboxylic acid groups (broad SMARTS) is 1. The molecule has 0 saturated carbocycles. The highest BCUT2D eigenvalue weighted by Crippen LogP contribution is 2.34. The summed E-state index contributed by atoms with van der Waals surface area (Å²) in [5.74, 6) is -1.49. The number of benzene rings is 2. The number of fused-ring (bicyclic) bond motifs is 1. The van der Waals surface area contributed by atoms with Gasteiger partial charge in [0.15, 0.2) is 23.2 Å². The fourth-order valence-corrected chi connectivity index (χ4v) is 5.38. The summed E-state index contributed by atoms with van der Waals surface area (Å²) in [6.07, 6.45) is -5.65. The van der Waals surface area contributed by atoms with Crippen LogP contribution >= 0.6 is 0 Å². The van der Waals surface area contributed by atoms with E-state index >= 15 is 0 Å². The van der Waals surface area contributed by atoms with Crippen molar-refractivity contribution >= 4 is 28.9 Å². The number of nitrogens with zero attached hydrogens (tertiary/aromatic N) is 5. The van der Waals surface area contributed by atoms with E-state index in [4.69, 9.17) is 24.6 Å². The summed E-state index contributed by atoms with van der Waals surface area (Å²) in [5.41, 5.74) is 3.42. The van der Waals surface area contributed by atoms with E-state index in [9.17, 15) is 28.5 Å². The summed E-state index contributed by atoms with van der Waals surface area (Å²) in [4.78, 5) is 25.3. The lowest BCUT2D eigenvalue weighted by Gasteiger charge is -2.21. The number of halogens is 3. The van der Waals surface area contributed by atoms with Crippen molar-refractivity contribution in [1.82, 2.24) is 19.5 Å². The number of carbonyl (C=O) groups is 1. The van der Waals surface area contributed by atoms with Gasteiger partial charge >= 0.3 is 12.1 Å². The van der Waals surface area contributed by atoms with Crippen LogP contribution in [0, 0.1) is 0 Å². The molecule has 12 nitrogen and oxygen atoms in total. The number of alkyl halides is 3. The second-order valence-corrected chi connectivity index (χ2v) is 10.7. The topological polar surface area (TPSA) is 166 Å². The Balaban J connectivity index is 0.000000515. The minimum Gasteiger partial charge on any atom is -0.475 e. The third-order valence-corrected chi connectivity index (χ3v) is 7.71. The Morgan fingerprint density at radius 1 is 0.978 bits per heavy atom. The van der Waals surface area contributed by atoms with E-state index in [1.807, 2.05) is 36.4 Å². The Labute approximate surface area is 255 Å². The molecule has 4 atom stereocenters. The van der Waals surface area contributed by atoms with E-state index in [-0.39, 0.29) is 5.92 Å². The molecule has 2 aliphatic rings. The quantitative estimate of drug-likeness (QED) is 0.194. The monoisotopic (exact) mass is 630 g/mol. The first-order chi connectivity index (χ1) is 21.6. The number of aliphatic hydroxyl groups excluding tert-OH is 3. The molecule has 2 aromatic carbocycles. The average Bonchev–Trinajstić information content (AvgIpc) is 3.78. The molecular formula is C30H33F3N6O6. The number of hydrogen-bond donors (Lipinski definition) is 5. The predicted molar refractivity (Wildman–Crippen MR) is 157 cm³/mol. The fourth-order valence-electron chi connectivity index (χ4n) is 5.38. The van der Waals surface area contributed by atoms with Crippen molar-refractivity contribution in [2.24, 2.45) is 0 Å². The van der Waals surface area contributed by atoms with Crippen LogP contribution in [-0.4, -0.2) is 96.6 Å². The normalized spacial score (nSPS) is 21.6. The van der Waals surface area contributed by atoms with Gasteiger partial charge in [0.05, 0.1) is 12.9 Å². The number of ether oxygens (including phenoxy) is 1.